The molecule has 1 heterocycles. The first-order valence-electron chi connectivity index (χ1n) is 13.8. The van der Waals surface area contributed by atoms with E-state index in [9.17, 15) is 61.1 Å². The predicted octanol–water partition coefficient (Wildman–Crippen LogP) is 7.54. The Hall–Kier alpha value is -2.74. The molecular weight excluding hydrogens is 680 g/mol. The van der Waals surface area contributed by atoms with Gasteiger partial charge in [-0.25, -0.2) is 0 Å². The van der Waals surface area contributed by atoms with E-state index in [0.29, 0.717) is 11.3 Å². The lowest BCUT2D eigenvalue weighted by Crippen LogP contribution is -2.63. The zero-order valence-corrected chi connectivity index (χ0v) is 23.9. The summed E-state index contributed by atoms with van der Waals surface area (Å²) in [4.78, 5) is 0. The van der Waals surface area contributed by atoms with Gasteiger partial charge in [0.15, 0.2) is 0 Å². The van der Waals surface area contributed by atoms with E-state index >= 15 is 0 Å². The Kier molecular flexibility index (Phi) is 8.61. The molecule has 3 fully saturated rings. The van der Waals surface area contributed by atoms with Crippen LogP contribution in [-0.4, -0.2) is 55.4 Å². The quantitative estimate of drug-likeness (QED) is 0.191. The second-order valence-electron chi connectivity index (χ2n) is 11.5. The third-order valence-corrected chi connectivity index (χ3v) is 9.74. The van der Waals surface area contributed by atoms with Gasteiger partial charge in [0.25, 0.3) is 0 Å². The van der Waals surface area contributed by atoms with Crippen molar-refractivity contribution in [2.24, 2.45) is 11.8 Å². The Morgan fingerprint density at radius 3 is 1.98 bits per heavy atom. The van der Waals surface area contributed by atoms with E-state index in [4.69, 9.17) is 4.52 Å². The molecule has 2 bridgehead atoms. The van der Waals surface area contributed by atoms with Crippen LogP contribution in [0.25, 0.3) is 11.3 Å². The largest absolute Gasteiger partial charge is 0.573 e. The molecule has 0 radical (unpaired) electrons. The summed E-state index contributed by atoms with van der Waals surface area (Å²) >= 11 is 0. The summed E-state index contributed by atoms with van der Waals surface area (Å²) in [6.07, 6.45) is -12.2. The summed E-state index contributed by atoms with van der Waals surface area (Å²) in [6.45, 7) is -0.0320. The zero-order chi connectivity index (χ0) is 34.1. The monoisotopic (exact) mass is 704 g/mol. The number of nitrogens with zero attached hydrogens (tertiary/aromatic N) is 1. The lowest BCUT2D eigenvalue weighted by molar-refractivity contribution is -0.383. The molecule has 1 aromatic carbocycles. The number of alkyl halides is 12. The summed E-state index contributed by atoms with van der Waals surface area (Å²) in [5, 5.41) is 0.166. The molecule has 1 aromatic heterocycles. The molecule has 0 spiro atoms. The third-order valence-electron chi connectivity index (χ3n) is 8.38. The third kappa shape index (κ3) is 6.15. The Balaban J connectivity index is 1.31. The first kappa shape index (κ1) is 34.6. The smallest absolute Gasteiger partial charge is 0.405 e. The van der Waals surface area contributed by atoms with Gasteiger partial charge in [-0.2, -0.15) is 47.9 Å². The molecular formula is C26H24F12N2O5S. The van der Waals surface area contributed by atoms with E-state index in [1.807, 2.05) is 0 Å². The van der Waals surface area contributed by atoms with Gasteiger partial charge in [0.2, 0.25) is 0 Å². The van der Waals surface area contributed by atoms with Crippen molar-refractivity contribution in [2.75, 3.05) is 0 Å². The number of rotatable bonds is 11. The minimum atomic E-state index is -7.40. The SMILES string of the molecule is O=S(=O)(OC1C2CCC1CC(NCc1c(-c3ccccc3OC(F)(F)F)noc1C1CC1)C2)C(F)(F)C(F)(F)C(F)(F)C(F)(F)F. The van der Waals surface area contributed by atoms with Crippen molar-refractivity contribution in [3.8, 4) is 17.0 Å². The van der Waals surface area contributed by atoms with Gasteiger partial charge in [-0.1, -0.05) is 17.3 Å². The highest BCUT2D eigenvalue weighted by atomic mass is 32.2. The van der Waals surface area contributed by atoms with Gasteiger partial charge in [-0.15, -0.1) is 13.2 Å². The number of para-hydroxylation sites is 1. The average molecular weight is 705 g/mol. The van der Waals surface area contributed by atoms with Crippen molar-refractivity contribution in [1.29, 1.82) is 0 Å². The predicted molar refractivity (Wildman–Crippen MR) is 131 cm³/mol. The minimum absolute atomic E-state index is 0.00942. The number of halogens is 12. The second kappa shape index (κ2) is 11.5. The van der Waals surface area contributed by atoms with Gasteiger partial charge in [-0.05, 0) is 62.5 Å². The number of nitrogens with one attached hydrogen (secondary N) is 1. The van der Waals surface area contributed by atoms with Crippen LogP contribution >= 0.6 is 0 Å². The highest BCUT2D eigenvalue weighted by Crippen LogP contribution is 2.56. The Morgan fingerprint density at radius 2 is 1.43 bits per heavy atom. The minimum Gasteiger partial charge on any atom is -0.405 e. The molecule has 2 atom stereocenters. The Bertz CT molecular complexity index is 1520. The van der Waals surface area contributed by atoms with Gasteiger partial charge in [-0.3, -0.25) is 4.18 Å². The topological polar surface area (TPSA) is 90.7 Å². The first-order chi connectivity index (χ1) is 21.1. The molecule has 258 valence electrons. The molecule has 2 aromatic rings. The normalized spacial score (nSPS) is 24.8. The molecule has 0 aliphatic heterocycles. The number of aromatic nitrogens is 1. The van der Waals surface area contributed by atoms with Crippen LogP contribution < -0.4 is 10.1 Å². The van der Waals surface area contributed by atoms with E-state index < -0.39 is 69.5 Å². The van der Waals surface area contributed by atoms with E-state index in [0.717, 1.165) is 18.9 Å². The van der Waals surface area contributed by atoms with Crippen LogP contribution in [0.15, 0.2) is 28.8 Å². The zero-order valence-electron chi connectivity index (χ0n) is 23.1. The van der Waals surface area contributed by atoms with Crippen LogP contribution in [0.2, 0.25) is 0 Å². The molecule has 7 nitrogen and oxygen atoms in total. The first-order valence-corrected chi connectivity index (χ1v) is 15.2. The standard InChI is InChI=1S/C26H24F12N2O5S/c27-22(28,24(31,32)33)23(29,30)25(34,35)46(41,42)45-20-13-7-8-14(20)10-15(9-13)39-11-17-19(40-44-21(17)12-5-6-12)16-3-1-2-4-18(16)43-26(36,37)38/h1-4,12-15,20,39H,5-11H2. The molecule has 3 aliphatic rings. The van der Waals surface area contributed by atoms with Crippen LogP contribution in [0.4, 0.5) is 52.7 Å². The summed E-state index contributed by atoms with van der Waals surface area (Å²) in [5.41, 5.74) is 0.434. The van der Waals surface area contributed by atoms with Crippen molar-refractivity contribution in [1.82, 2.24) is 10.5 Å². The summed E-state index contributed by atoms with van der Waals surface area (Å²) in [7, 11) is -7.01. The molecule has 0 saturated heterocycles. The average Bonchev–Trinajstić information content (AvgIpc) is 3.65. The molecule has 46 heavy (non-hydrogen) atoms. The summed E-state index contributed by atoms with van der Waals surface area (Å²) < 4.78 is 197. The number of fused-ring (bicyclic) bond motifs is 2. The van der Waals surface area contributed by atoms with Crippen molar-refractivity contribution in [3.63, 3.8) is 0 Å². The maximum absolute atomic E-state index is 14.3. The van der Waals surface area contributed by atoms with Crippen LogP contribution in [-0.2, 0) is 20.8 Å². The fourth-order valence-electron chi connectivity index (χ4n) is 6.01. The van der Waals surface area contributed by atoms with Crippen LogP contribution in [0.1, 0.15) is 55.8 Å². The van der Waals surface area contributed by atoms with E-state index in [1.54, 1.807) is 0 Å². The maximum atomic E-state index is 14.3. The molecule has 3 saturated carbocycles. The van der Waals surface area contributed by atoms with Gasteiger partial charge >= 0.3 is 39.8 Å². The number of benzene rings is 1. The number of ether oxygens (including phenoxy) is 1. The maximum Gasteiger partial charge on any atom is 0.573 e. The fourth-order valence-corrected chi connectivity index (χ4v) is 7.18. The van der Waals surface area contributed by atoms with Crippen LogP contribution in [0.5, 0.6) is 5.75 Å². The van der Waals surface area contributed by atoms with E-state index in [2.05, 4.69) is 19.4 Å². The van der Waals surface area contributed by atoms with Gasteiger partial charge in [0.1, 0.15) is 17.2 Å². The Labute approximate surface area is 252 Å². The van der Waals surface area contributed by atoms with Gasteiger partial charge in [0, 0.05) is 29.6 Å². The van der Waals surface area contributed by atoms with E-state index in [-0.39, 0.29) is 49.4 Å². The molecule has 1 N–H and O–H groups in total. The van der Waals surface area contributed by atoms with Crippen molar-refractivity contribution < 1.29 is 74.5 Å². The highest BCUT2D eigenvalue weighted by molar-refractivity contribution is 7.87. The van der Waals surface area contributed by atoms with Gasteiger partial charge in [0.05, 0.1) is 6.10 Å². The highest BCUT2D eigenvalue weighted by Gasteiger charge is 2.86. The lowest BCUT2D eigenvalue weighted by atomic mass is 9.83. The summed E-state index contributed by atoms with van der Waals surface area (Å²) in [5.74, 6) is -16.8. The fraction of sp³-hybridized carbons (Fsp3) is 0.654. The van der Waals surface area contributed by atoms with Crippen LogP contribution in [0.3, 0.4) is 0 Å². The second-order valence-corrected chi connectivity index (χ2v) is 13.1. The number of hydrogen-bond acceptors (Lipinski definition) is 7. The summed E-state index contributed by atoms with van der Waals surface area (Å²) in [6, 6.07) is 4.69. The molecule has 5 rings (SSSR count). The lowest BCUT2D eigenvalue weighted by Gasteiger charge is -2.37. The van der Waals surface area contributed by atoms with Gasteiger partial charge < -0.3 is 14.6 Å². The molecule has 0 amide bonds. The van der Waals surface area contributed by atoms with Crippen molar-refractivity contribution in [2.45, 2.75) is 92.8 Å². The van der Waals surface area contributed by atoms with Crippen molar-refractivity contribution >= 4 is 10.1 Å². The van der Waals surface area contributed by atoms with Crippen LogP contribution in [0, 0.1) is 11.8 Å². The molecule has 2 unspecified atom stereocenters. The molecule has 3 aliphatic carbocycles. The Morgan fingerprint density at radius 1 is 0.848 bits per heavy atom. The molecule has 20 heteroatoms. The van der Waals surface area contributed by atoms with E-state index in [1.165, 1.54) is 18.2 Å². The number of hydrogen-bond donors (Lipinski definition) is 1. The van der Waals surface area contributed by atoms with Crippen molar-refractivity contribution in [3.05, 3.63) is 35.6 Å².